The molecule has 0 radical (unpaired) electrons. The number of hydrogen-bond acceptors (Lipinski definition) is 3. The zero-order chi connectivity index (χ0) is 18.0. The van der Waals surface area contributed by atoms with Gasteiger partial charge in [-0.3, -0.25) is 4.79 Å². The number of carbonyl (C=O) groups excluding carboxylic acids is 1. The lowest BCUT2D eigenvalue weighted by Crippen LogP contribution is -2.25. The SMILES string of the molecule is Cc1cc(C)cc(C(O)CNC(C)c2ccc3c(c2)CCC(=O)N3)c1. The molecule has 0 bridgehead atoms. The van der Waals surface area contributed by atoms with Crippen molar-refractivity contribution in [3.63, 3.8) is 0 Å². The van der Waals surface area contributed by atoms with E-state index in [1.54, 1.807) is 0 Å². The zero-order valence-corrected chi connectivity index (χ0v) is 15.1. The number of hydrogen-bond donors (Lipinski definition) is 3. The Morgan fingerprint density at radius 1 is 1.08 bits per heavy atom. The van der Waals surface area contributed by atoms with E-state index in [-0.39, 0.29) is 11.9 Å². The van der Waals surface area contributed by atoms with Crippen molar-refractivity contribution in [3.8, 4) is 0 Å². The van der Waals surface area contributed by atoms with Crippen molar-refractivity contribution in [3.05, 3.63) is 64.2 Å². The normalized spacial score (nSPS) is 16.1. The molecule has 4 nitrogen and oxygen atoms in total. The Morgan fingerprint density at radius 3 is 2.52 bits per heavy atom. The largest absolute Gasteiger partial charge is 0.387 e. The first kappa shape index (κ1) is 17.6. The number of fused-ring (bicyclic) bond motifs is 1. The number of rotatable bonds is 5. The van der Waals surface area contributed by atoms with E-state index in [2.05, 4.69) is 29.7 Å². The topological polar surface area (TPSA) is 61.4 Å². The second-order valence-corrected chi connectivity index (χ2v) is 7.03. The lowest BCUT2D eigenvalue weighted by atomic mass is 9.97. The van der Waals surface area contributed by atoms with Gasteiger partial charge in [-0.15, -0.1) is 0 Å². The molecule has 2 unspecified atom stereocenters. The Labute approximate surface area is 149 Å². The molecule has 3 N–H and O–H groups in total. The van der Waals surface area contributed by atoms with Crippen LogP contribution in [0.15, 0.2) is 36.4 Å². The highest BCUT2D eigenvalue weighted by Crippen LogP contribution is 2.26. The Morgan fingerprint density at radius 2 is 1.80 bits per heavy atom. The minimum absolute atomic E-state index is 0.0861. The van der Waals surface area contributed by atoms with E-state index in [9.17, 15) is 9.90 Å². The van der Waals surface area contributed by atoms with Gasteiger partial charge in [-0.05, 0) is 49.9 Å². The van der Waals surface area contributed by atoms with Crippen LogP contribution >= 0.6 is 0 Å². The van der Waals surface area contributed by atoms with E-state index in [1.807, 2.05) is 38.1 Å². The summed E-state index contributed by atoms with van der Waals surface area (Å²) in [4.78, 5) is 11.5. The molecule has 2 atom stereocenters. The molecule has 4 heteroatoms. The van der Waals surface area contributed by atoms with Gasteiger partial charge in [0.25, 0.3) is 0 Å². The van der Waals surface area contributed by atoms with Crippen molar-refractivity contribution in [2.75, 3.05) is 11.9 Å². The molecule has 1 aliphatic heterocycles. The van der Waals surface area contributed by atoms with Crippen LogP contribution in [0.2, 0.25) is 0 Å². The average molecular weight is 338 g/mol. The standard InChI is InChI=1S/C21H26N2O2/c1-13-8-14(2)10-18(9-13)20(24)12-22-15(3)16-4-6-19-17(11-16)5-7-21(25)23-19/h4,6,8-11,15,20,22,24H,5,7,12H2,1-3H3,(H,23,25). The second-order valence-electron chi connectivity index (χ2n) is 7.03. The van der Waals surface area contributed by atoms with Crippen LogP contribution in [0.4, 0.5) is 5.69 Å². The van der Waals surface area contributed by atoms with Crippen molar-refractivity contribution in [1.29, 1.82) is 0 Å². The number of aryl methyl sites for hydroxylation is 3. The van der Waals surface area contributed by atoms with Crippen LogP contribution in [-0.2, 0) is 11.2 Å². The molecule has 1 amide bonds. The monoisotopic (exact) mass is 338 g/mol. The lowest BCUT2D eigenvalue weighted by molar-refractivity contribution is -0.116. The third-order valence-corrected chi connectivity index (χ3v) is 4.77. The number of anilines is 1. The van der Waals surface area contributed by atoms with E-state index in [1.165, 1.54) is 22.3 Å². The highest BCUT2D eigenvalue weighted by atomic mass is 16.3. The molecular weight excluding hydrogens is 312 g/mol. The summed E-state index contributed by atoms with van der Waals surface area (Å²) in [6.07, 6.45) is 0.800. The van der Waals surface area contributed by atoms with Crippen LogP contribution in [0, 0.1) is 13.8 Å². The van der Waals surface area contributed by atoms with Crippen molar-refractivity contribution in [1.82, 2.24) is 5.32 Å². The molecule has 132 valence electrons. The Balaban J connectivity index is 1.64. The first-order valence-corrected chi connectivity index (χ1v) is 8.84. The quantitative estimate of drug-likeness (QED) is 0.781. The zero-order valence-electron chi connectivity index (χ0n) is 15.1. The predicted octanol–water partition coefficient (Wildman–Crippen LogP) is 3.57. The fourth-order valence-electron chi connectivity index (χ4n) is 3.40. The summed E-state index contributed by atoms with van der Waals surface area (Å²) in [6.45, 7) is 6.69. The summed E-state index contributed by atoms with van der Waals surface area (Å²) in [5.74, 6) is 0.0861. The summed E-state index contributed by atoms with van der Waals surface area (Å²) in [5.41, 5.74) is 6.55. The number of nitrogens with one attached hydrogen (secondary N) is 2. The summed E-state index contributed by atoms with van der Waals surface area (Å²) in [6, 6.07) is 12.5. The van der Waals surface area contributed by atoms with Crippen LogP contribution in [0.1, 0.15) is 53.3 Å². The Kier molecular flexibility index (Phi) is 5.21. The van der Waals surface area contributed by atoms with E-state index in [0.29, 0.717) is 13.0 Å². The molecule has 0 aromatic heterocycles. The molecule has 0 spiro atoms. The molecule has 0 saturated heterocycles. The van der Waals surface area contributed by atoms with E-state index >= 15 is 0 Å². The van der Waals surface area contributed by atoms with Gasteiger partial charge in [-0.2, -0.15) is 0 Å². The van der Waals surface area contributed by atoms with Gasteiger partial charge in [0.05, 0.1) is 6.10 Å². The van der Waals surface area contributed by atoms with Crippen LogP contribution < -0.4 is 10.6 Å². The number of aliphatic hydroxyl groups is 1. The van der Waals surface area contributed by atoms with Crippen LogP contribution in [0.3, 0.4) is 0 Å². The van der Waals surface area contributed by atoms with Crippen LogP contribution in [0.5, 0.6) is 0 Å². The molecule has 2 aromatic rings. The summed E-state index contributed by atoms with van der Waals surface area (Å²) < 4.78 is 0. The molecule has 1 aliphatic rings. The highest BCUT2D eigenvalue weighted by molar-refractivity contribution is 5.93. The minimum atomic E-state index is -0.530. The van der Waals surface area contributed by atoms with Gasteiger partial charge in [-0.25, -0.2) is 0 Å². The molecule has 25 heavy (non-hydrogen) atoms. The number of benzene rings is 2. The molecule has 0 saturated carbocycles. The number of amides is 1. The van der Waals surface area contributed by atoms with Crippen molar-refractivity contribution in [2.45, 2.75) is 45.8 Å². The van der Waals surface area contributed by atoms with Gasteiger partial charge >= 0.3 is 0 Å². The Hall–Kier alpha value is -2.17. The van der Waals surface area contributed by atoms with Crippen LogP contribution in [0.25, 0.3) is 0 Å². The first-order chi connectivity index (χ1) is 11.9. The van der Waals surface area contributed by atoms with Crippen molar-refractivity contribution < 1.29 is 9.90 Å². The van der Waals surface area contributed by atoms with E-state index in [4.69, 9.17) is 0 Å². The van der Waals surface area contributed by atoms with E-state index < -0.39 is 6.10 Å². The smallest absolute Gasteiger partial charge is 0.224 e. The maximum atomic E-state index is 11.5. The third kappa shape index (κ3) is 4.27. The molecule has 1 heterocycles. The number of aliphatic hydroxyl groups excluding tert-OH is 1. The van der Waals surface area contributed by atoms with Crippen molar-refractivity contribution >= 4 is 11.6 Å². The number of carbonyl (C=O) groups is 1. The van der Waals surface area contributed by atoms with E-state index in [0.717, 1.165) is 17.7 Å². The van der Waals surface area contributed by atoms with Gasteiger partial charge in [0.15, 0.2) is 0 Å². The molecule has 0 fully saturated rings. The van der Waals surface area contributed by atoms with Gasteiger partial charge in [0.1, 0.15) is 0 Å². The highest BCUT2D eigenvalue weighted by Gasteiger charge is 2.17. The summed E-state index contributed by atoms with van der Waals surface area (Å²) in [7, 11) is 0. The predicted molar refractivity (Wildman–Crippen MR) is 101 cm³/mol. The first-order valence-electron chi connectivity index (χ1n) is 8.84. The molecule has 3 rings (SSSR count). The fourth-order valence-corrected chi connectivity index (χ4v) is 3.40. The summed E-state index contributed by atoms with van der Waals surface area (Å²) in [5, 5.41) is 16.8. The third-order valence-electron chi connectivity index (χ3n) is 4.77. The van der Waals surface area contributed by atoms with Crippen LogP contribution in [-0.4, -0.2) is 17.6 Å². The maximum Gasteiger partial charge on any atom is 0.224 e. The molecular formula is C21H26N2O2. The van der Waals surface area contributed by atoms with Gasteiger partial charge in [-0.1, -0.05) is 41.5 Å². The maximum absolute atomic E-state index is 11.5. The lowest BCUT2D eigenvalue weighted by Gasteiger charge is -2.22. The fraction of sp³-hybridized carbons (Fsp3) is 0.381. The van der Waals surface area contributed by atoms with Gasteiger partial charge < -0.3 is 15.7 Å². The summed E-state index contributed by atoms with van der Waals surface area (Å²) >= 11 is 0. The van der Waals surface area contributed by atoms with Crippen molar-refractivity contribution in [2.24, 2.45) is 0 Å². The second kappa shape index (κ2) is 7.38. The average Bonchev–Trinajstić information content (AvgIpc) is 2.58. The van der Waals surface area contributed by atoms with Gasteiger partial charge in [0, 0.05) is 24.7 Å². The minimum Gasteiger partial charge on any atom is -0.387 e. The van der Waals surface area contributed by atoms with Gasteiger partial charge in [0.2, 0.25) is 5.91 Å². The Bertz CT molecular complexity index is 765. The molecule has 0 aliphatic carbocycles. The molecule has 2 aromatic carbocycles.